The van der Waals surface area contributed by atoms with Gasteiger partial charge in [0.1, 0.15) is 18.4 Å². The van der Waals surface area contributed by atoms with Crippen LogP contribution in [0.4, 0.5) is 10.1 Å². The molecule has 0 spiro atoms. The molecule has 2 aliphatic heterocycles. The van der Waals surface area contributed by atoms with Crippen LogP contribution in [0.25, 0.3) is 0 Å². The Labute approximate surface area is 185 Å². The van der Waals surface area contributed by atoms with Crippen LogP contribution >= 0.6 is 0 Å². The van der Waals surface area contributed by atoms with E-state index in [1.807, 2.05) is 18.2 Å². The van der Waals surface area contributed by atoms with Gasteiger partial charge in [-0.15, -0.1) is 0 Å². The highest BCUT2D eigenvalue weighted by molar-refractivity contribution is 5.96. The second-order valence-electron chi connectivity index (χ2n) is 7.73. The fourth-order valence-corrected chi connectivity index (χ4v) is 3.93. The van der Waals surface area contributed by atoms with Gasteiger partial charge in [0.25, 0.3) is 5.91 Å². The van der Waals surface area contributed by atoms with Gasteiger partial charge in [-0.05, 0) is 48.7 Å². The molecule has 0 radical (unpaired) electrons. The summed E-state index contributed by atoms with van der Waals surface area (Å²) in [6.45, 7) is 1.62. The molecule has 2 unspecified atom stereocenters. The predicted octanol–water partition coefficient (Wildman–Crippen LogP) is 2.72. The third-order valence-corrected chi connectivity index (χ3v) is 5.67. The number of amides is 2. The number of fused-ring (bicyclic) bond motifs is 1. The zero-order valence-corrected chi connectivity index (χ0v) is 18.1. The van der Waals surface area contributed by atoms with Crippen LogP contribution in [0, 0.1) is 12.7 Å². The smallest absolute Gasteiger partial charge is 0.251 e. The first kappa shape index (κ1) is 21.6. The zero-order chi connectivity index (χ0) is 22.8. The second kappa shape index (κ2) is 8.88. The Morgan fingerprint density at radius 3 is 2.69 bits per heavy atom. The summed E-state index contributed by atoms with van der Waals surface area (Å²) in [5, 5.41) is 4.43. The number of benzene rings is 2. The Morgan fingerprint density at radius 2 is 1.94 bits per heavy atom. The molecule has 32 heavy (non-hydrogen) atoms. The molecule has 0 aromatic heterocycles. The molecule has 1 saturated heterocycles. The number of rotatable bonds is 6. The van der Waals surface area contributed by atoms with Crippen LogP contribution in [0.2, 0.25) is 0 Å². The van der Waals surface area contributed by atoms with Gasteiger partial charge in [-0.1, -0.05) is 12.1 Å². The minimum absolute atomic E-state index is 0.0999. The maximum atomic E-state index is 13.5. The lowest BCUT2D eigenvalue weighted by molar-refractivity contribution is -0.137. The molecule has 2 atom stereocenters. The van der Waals surface area contributed by atoms with Crippen LogP contribution in [0.3, 0.4) is 0 Å². The van der Waals surface area contributed by atoms with Gasteiger partial charge in [-0.25, -0.2) is 9.82 Å². The van der Waals surface area contributed by atoms with Gasteiger partial charge in [-0.2, -0.15) is 0 Å². The molecular formula is C23H25FN4O4. The van der Waals surface area contributed by atoms with Crippen molar-refractivity contribution in [1.82, 2.24) is 15.3 Å². The Hall–Kier alpha value is -3.59. The van der Waals surface area contributed by atoms with Crippen LogP contribution < -0.4 is 20.2 Å². The number of carbonyl (C=O) groups excluding carboxylic acids is 2. The van der Waals surface area contributed by atoms with E-state index in [0.29, 0.717) is 23.6 Å². The molecule has 0 saturated carbocycles. The SMILES string of the molecule is COc1ccc(C2CC3C(=O)N(CC(=O)Nc4cc(F)ccc4C)C=CN3N2)cc1OC. The number of aryl methyl sites for hydroxylation is 1. The van der Waals surface area contributed by atoms with Gasteiger partial charge in [0, 0.05) is 18.1 Å². The Balaban J connectivity index is 1.42. The number of hydrazine groups is 1. The summed E-state index contributed by atoms with van der Waals surface area (Å²) in [5.41, 5.74) is 5.41. The van der Waals surface area contributed by atoms with Gasteiger partial charge in [0.15, 0.2) is 11.5 Å². The number of ether oxygens (including phenoxy) is 2. The van der Waals surface area contributed by atoms with Crippen molar-refractivity contribution in [3.8, 4) is 11.5 Å². The number of nitrogens with zero attached hydrogens (tertiary/aromatic N) is 2. The molecule has 1 fully saturated rings. The summed E-state index contributed by atoms with van der Waals surface area (Å²) in [6.07, 6.45) is 3.84. The molecule has 168 valence electrons. The van der Waals surface area contributed by atoms with Gasteiger partial charge in [0.05, 0.1) is 20.3 Å². The van der Waals surface area contributed by atoms with Crippen LogP contribution in [0.1, 0.15) is 23.6 Å². The highest BCUT2D eigenvalue weighted by Crippen LogP contribution is 2.35. The molecule has 0 bridgehead atoms. The minimum Gasteiger partial charge on any atom is -0.493 e. The van der Waals surface area contributed by atoms with Crippen molar-refractivity contribution in [2.24, 2.45) is 0 Å². The van der Waals surface area contributed by atoms with Crippen molar-refractivity contribution in [2.45, 2.75) is 25.4 Å². The molecule has 9 heteroatoms. The Bertz CT molecular complexity index is 1070. The second-order valence-corrected chi connectivity index (χ2v) is 7.73. The predicted molar refractivity (Wildman–Crippen MR) is 116 cm³/mol. The molecule has 8 nitrogen and oxygen atoms in total. The van der Waals surface area contributed by atoms with E-state index < -0.39 is 17.8 Å². The normalized spacial score (nSPS) is 19.7. The van der Waals surface area contributed by atoms with Crippen molar-refractivity contribution in [3.05, 3.63) is 65.7 Å². The van der Waals surface area contributed by atoms with Gasteiger partial charge in [0.2, 0.25) is 5.91 Å². The molecular weight excluding hydrogens is 415 g/mol. The largest absolute Gasteiger partial charge is 0.493 e. The number of hydrogen-bond acceptors (Lipinski definition) is 6. The van der Waals surface area contributed by atoms with E-state index in [1.165, 1.54) is 17.0 Å². The molecule has 2 N–H and O–H groups in total. The number of hydrogen-bond donors (Lipinski definition) is 2. The fraction of sp³-hybridized carbons (Fsp3) is 0.304. The summed E-state index contributed by atoms with van der Waals surface area (Å²) in [6, 6.07) is 9.28. The number of methoxy groups -OCH3 is 2. The number of halogens is 1. The van der Waals surface area contributed by atoms with Crippen molar-refractivity contribution in [1.29, 1.82) is 0 Å². The lowest BCUT2D eigenvalue weighted by Gasteiger charge is -2.31. The lowest BCUT2D eigenvalue weighted by atomic mass is 10.0. The topological polar surface area (TPSA) is 83.1 Å². The maximum Gasteiger partial charge on any atom is 0.251 e. The van der Waals surface area contributed by atoms with Crippen molar-refractivity contribution in [3.63, 3.8) is 0 Å². The minimum atomic E-state index is -0.443. The average Bonchev–Trinajstić information content (AvgIpc) is 3.23. The maximum absolute atomic E-state index is 13.5. The molecule has 2 heterocycles. The molecule has 2 amide bonds. The number of nitrogens with one attached hydrogen (secondary N) is 2. The highest BCUT2D eigenvalue weighted by Gasteiger charge is 2.40. The third-order valence-electron chi connectivity index (χ3n) is 5.67. The van der Waals surface area contributed by atoms with E-state index in [1.54, 1.807) is 44.6 Å². The van der Waals surface area contributed by atoms with E-state index in [0.717, 1.165) is 11.1 Å². The molecule has 2 aliphatic rings. The molecule has 4 rings (SSSR count). The van der Waals surface area contributed by atoms with Crippen LogP contribution in [0.5, 0.6) is 11.5 Å². The summed E-state index contributed by atoms with van der Waals surface area (Å²) < 4.78 is 24.1. The summed E-state index contributed by atoms with van der Waals surface area (Å²) >= 11 is 0. The number of carbonyl (C=O) groups is 2. The zero-order valence-electron chi connectivity index (χ0n) is 18.1. The summed E-state index contributed by atoms with van der Waals surface area (Å²) in [5.74, 6) is 0.230. The first-order chi connectivity index (χ1) is 15.4. The van der Waals surface area contributed by atoms with Gasteiger partial charge < -0.3 is 24.7 Å². The summed E-state index contributed by atoms with van der Waals surface area (Å²) in [7, 11) is 3.16. The lowest BCUT2D eigenvalue weighted by Crippen LogP contribution is -2.49. The molecule has 0 aliphatic carbocycles. The van der Waals surface area contributed by atoms with Gasteiger partial charge in [-0.3, -0.25) is 9.59 Å². The van der Waals surface area contributed by atoms with Crippen LogP contribution in [-0.4, -0.2) is 48.5 Å². The monoisotopic (exact) mass is 440 g/mol. The first-order valence-corrected chi connectivity index (χ1v) is 10.2. The quantitative estimate of drug-likeness (QED) is 0.719. The highest BCUT2D eigenvalue weighted by atomic mass is 19.1. The Morgan fingerprint density at radius 1 is 1.16 bits per heavy atom. The van der Waals surface area contributed by atoms with Crippen molar-refractivity contribution >= 4 is 17.5 Å². The first-order valence-electron chi connectivity index (χ1n) is 10.2. The number of anilines is 1. The molecule has 2 aromatic carbocycles. The standard InChI is InChI=1S/C23H25FN4O4/c1-14-4-6-16(24)11-17(14)25-22(29)13-27-8-9-28-19(23(27)30)12-18(26-28)15-5-7-20(31-2)21(10-15)32-3/h4-11,18-19,26H,12-13H2,1-3H3,(H,25,29). The third kappa shape index (κ3) is 4.24. The van der Waals surface area contributed by atoms with E-state index in [2.05, 4.69) is 10.7 Å². The van der Waals surface area contributed by atoms with E-state index >= 15 is 0 Å². The molecule has 2 aromatic rings. The van der Waals surface area contributed by atoms with E-state index in [4.69, 9.17) is 9.47 Å². The Kier molecular flexibility index (Phi) is 6.00. The summed E-state index contributed by atoms with van der Waals surface area (Å²) in [4.78, 5) is 26.9. The average molecular weight is 440 g/mol. The van der Waals surface area contributed by atoms with Crippen molar-refractivity contribution in [2.75, 3.05) is 26.1 Å². The van der Waals surface area contributed by atoms with Gasteiger partial charge >= 0.3 is 0 Å². The van der Waals surface area contributed by atoms with Crippen LogP contribution in [-0.2, 0) is 9.59 Å². The van der Waals surface area contributed by atoms with E-state index in [9.17, 15) is 14.0 Å². The van der Waals surface area contributed by atoms with E-state index in [-0.39, 0.29) is 18.5 Å². The van der Waals surface area contributed by atoms with Crippen LogP contribution in [0.15, 0.2) is 48.8 Å². The van der Waals surface area contributed by atoms with Crippen molar-refractivity contribution < 1.29 is 23.5 Å². The fourth-order valence-electron chi connectivity index (χ4n) is 3.93.